The molecule has 0 unspecified atom stereocenters. The van der Waals surface area contributed by atoms with Gasteiger partial charge >= 0.3 is 0 Å². The van der Waals surface area contributed by atoms with E-state index in [4.69, 9.17) is 48.1 Å². The second kappa shape index (κ2) is 32.6. The largest absolute Gasteiger partial charge is 0.455 e. The van der Waals surface area contributed by atoms with Crippen LogP contribution in [0.4, 0.5) is 0 Å². The summed E-state index contributed by atoms with van der Waals surface area (Å²) in [4.78, 5) is 35.0. The molecule has 0 saturated carbocycles. The average molecular weight is 1770 g/mol. The minimum atomic E-state index is 0.633. The molecule has 29 rings (SSSR count). The molecular formula is C125H76N10O3. The fourth-order valence-corrected chi connectivity index (χ4v) is 20.8. The average Bonchev–Trinajstić information content (AvgIpc) is 1.55. The predicted molar refractivity (Wildman–Crippen MR) is 565 cm³/mol. The standard InChI is InChI=1S/C44H27N3O.C43H26N4O.C38H23N3O/c1-3-13-28(14-4-1)36-27-37(29-15-5-2-6-16-29)46-44(45-36)30-23-25-31(26-24-30)47-38-21-11-9-19-34(38)40-41-35-20-10-12-22-39(35)48-43(41)33-18-8-7-17-32(33)42(40)47;1-3-13-27(14-4-1)41-44-42(28-15-5-2-6-16-28)46-43(45-41)29-23-25-30(26-24-29)47-35-21-11-9-19-33(35)37-38-34-20-10-12-22-36(34)48-40(38)32-18-8-7-17-31(32)39(37)47;1-3-13-24(14-4-1)35-31(23-39-38(40-35)25-15-5-2-6-16-25)41-30-21-11-9-19-28(30)33-34-29-20-10-12-22-32(29)42-37(34)27-18-8-7-17-26(27)36(33)41/h1-27H;1-26H;1-23H. The van der Waals surface area contributed by atoms with Crippen LogP contribution in [0.3, 0.4) is 0 Å². The molecule has 0 fully saturated rings. The van der Waals surface area contributed by atoms with Gasteiger partial charge in [-0.2, -0.15) is 0 Å². The Hall–Kier alpha value is -18.9. The molecule has 0 spiro atoms. The Balaban J connectivity index is 0.000000105. The van der Waals surface area contributed by atoms with Gasteiger partial charge in [-0.1, -0.05) is 364 Å². The van der Waals surface area contributed by atoms with Crippen LogP contribution in [0, 0.1) is 0 Å². The Kier molecular flexibility index (Phi) is 18.6. The summed E-state index contributed by atoms with van der Waals surface area (Å²) < 4.78 is 26.8. The normalized spacial score (nSPS) is 11.8. The van der Waals surface area contributed by atoms with Gasteiger partial charge in [0, 0.05) is 153 Å². The maximum atomic E-state index is 6.56. The van der Waals surface area contributed by atoms with Crippen molar-refractivity contribution in [1.82, 2.24) is 48.6 Å². The van der Waals surface area contributed by atoms with Crippen LogP contribution in [0.2, 0.25) is 0 Å². The van der Waals surface area contributed by atoms with Crippen molar-refractivity contribution in [3.05, 3.63) is 461 Å². The summed E-state index contributed by atoms with van der Waals surface area (Å²) in [5.74, 6) is 3.32. The third-order valence-electron chi connectivity index (χ3n) is 26.9. The van der Waals surface area contributed by atoms with Gasteiger partial charge < -0.3 is 27.0 Å². The molecule has 0 aliphatic heterocycles. The molecule has 9 heterocycles. The lowest BCUT2D eigenvalue weighted by Gasteiger charge is -2.15. The van der Waals surface area contributed by atoms with E-state index in [9.17, 15) is 0 Å². The maximum absolute atomic E-state index is 6.56. The van der Waals surface area contributed by atoms with Crippen molar-refractivity contribution >= 4 is 164 Å². The molecule has 138 heavy (non-hydrogen) atoms. The van der Waals surface area contributed by atoms with Crippen molar-refractivity contribution in [2.24, 2.45) is 0 Å². The van der Waals surface area contributed by atoms with E-state index >= 15 is 0 Å². The highest BCUT2D eigenvalue weighted by Gasteiger charge is 2.29. The molecule has 0 N–H and O–H groups in total. The molecule has 0 aliphatic rings. The number of hydrogen-bond acceptors (Lipinski definition) is 10. The molecule has 13 heteroatoms. The third kappa shape index (κ3) is 13.0. The van der Waals surface area contributed by atoms with Crippen molar-refractivity contribution < 1.29 is 13.3 Å². The summed E-state index contributed by atoms with van der Waals surface area (Å²) >= 11 is 0. The number of para-hydroxylation sites is 6. The van der Waals surface area contributed by atoms with Crippen LogP contribution in [0.25, 0.3) is 271 Å². The van der Waals surface area contributed by atoms with Gasteiger partial charge in [-0.3, -0.25) is 0 Å². The molecule has 0 aliphatic carbocycles. The van der Waals surface area contributed by atoms with Crippen LogP contribution < -0.4 is 0 Å². The second-order valence-corrected chi connectivity index (χ2v) is 34.8. The zero-order valence-electron chi connectivity index (χ0n) is 74.1. The molecule has 13 nitrogen and oxygen atoms in total. The van der Waals surface area contributed by atoms with Gasteiger partial charge in [-0.15, -0.1) is 0 Å². The number of rotatable bonds is 11. The van der Waals surface area contributed by atoms with Crippen molar-refractivity contribution in [1.29, 1.82) is 0 Å². The molecule has 0 radical (unpaired) electrons. The van der Waals surface area contributed by atoms with E-state index in [1.165, 1.54) is 37.8 Å². The van der Waals surface area contributed by atoms with Gasteiger partial charge in [0.1, 0.15) is 33.5 Å². The fourth-order valence-electron chi connectivity index (χ4n) is 20.8. The minimum absolute atomic E-state index is 0.633. The first kappa shape index (κ1) is 78.9. The zero-order valence-corrected chi connectivity index (χ0v) is 74.1. The Bertz CT molecular complexity index is 9380. The summed E-state index contributed by atoms with van der Waals surface area (Å²) in [6, 6.07) is 157. The highest BCUT2D eigenvalue weighted by molar-refractivity contribution is 6.39. The van der Waals surface area contributed by atoms with E-state index in [1.807, 2.05) is 146 Å². The molecule has 644 valence electrons. The zero-order chi connectivity index (χ0) is 90.8. The summed E-state index contributed by atoms with van der Waals surface area (Å²) in [7, 11) is 0. The highest BCUT2D eigenvalue weighted by atomic mass is 16.3. The summed E-state index contributed by atoms with van der Waals surface area (Å²) in [5.41, 5.74) is 26.0. The number of fused-ring (bicyclic) bond motifs is 30. The van der Waals surface area contributed by atoms with Crippen molar-refractivity contribution in [3.63, 3.8) is 0 Å². The van der Waals surface area contributed by atoms with E-state index in [-0.39, 0.29) is 0 Å². The second-order valence-electron chi connectivity index (χ2n) is 34.8. The first-order chi connectivity index (χ1) is 68.5. The lowest BCUT2D eigenvalue weighted by molar-refractivity contribution is 0.672. The van der Waals surface area contributed by atoms with Gasteiger partial charge in [-0.05, 0) is 91.0 Å². The van der Waals surface area contributed by atoms with Gasteiger partial charge in [0.05, 0.1) is 62.1 Å². The Morgan fingerprint density at radius 2 is 0.442 bits per heavy atom. The molecular weight excluding hydrogens is 1690 g/mol. The first-order valence-electron chi connectivity index (χ1n) is 46.3. The quantitative estimate of drug-likeness (QED) is 0.123. The molecule has 0 amide bonds. The Labute approximate surface area is 789 Å². The van der Waals surface area contributed by atoms with E-state index in [2.05, 4.69) is 329 Å². The van der Waals surface area contributed by atoms with Gasteiger partial charge in [0.15, 0.2) is 29.1 Å². The lowest BCUT2D eigenvalue weighted by atomic mass is 9.99. The smallest absolute Gasteiger partial charge is 0.164 e. The number of hydrogen-bond donors (Lipinski definition) is 0. The number of aromatic nitrogens is 10. The van der Waals surface area contributed by atoms with Crippen molar-refractivity contribution in [2.45, 2.75) is 0 Å². The van der Waals surface area contributed by atoms with E-state index in [0.29, 0.717) is 29.1 Å². The first-order valence-corrected chi connectivity index (χ1v) is 46.3. The van der Waals surface area contributed by atoms with Crippen LogP contribution in [-0.2, 0) is 0 Å². The van der Waals surface area contributed by atoms with Gasteiger partial charge in [0.2, 0.25) is 0 Å². The van der Waals surface area contributed by atoms with Crippen LogP contribution in [0.5, 0.6) is 0 Å². The molecule has 20 aromatic carbocycles. The Morgan fingerprint density at radius 3 is 0.797 bits per heavy atom. The van der Waals surface area contributed by atoms with Crippen LogP contribution >= 0.6 is 0 Å². The summed E-state index contributed by atoms with van der Waals surface area (Å²) in [5, 5.41) is 20.7. The fraction of sp³-hybridized carbons (Fsp3) is 0. The topological polar surface area (TPSA) is 144 Å². The molecule has 0 bridgehead atoms. The van der Waals surface area contributed by atoms with Gasteiger partial charge in [0.25, 0.3) is 0 Å². The SMILES string of the molecule is c1ccc(-c2cc(-c3ccccc3)nc(-c3ccc(-n4c5ccccc5c5c6c7ccccc7oc6c6ccccc6c54)cc3)n2)cc1.c1ccc(-c2nc(-c3ccccc3)nc(-c3ccc(-n4c5ccccc5c5c6c7ccccc7oc6c6ccccc6c54)cc3)n2)cc1.c1ccc(-c2ncc(-n3c4ccccc4c4c5c6ccccc6oc5c5ccccc5c43)c(-c3ccccc3)n2)cc1. The van der Waals surface area contributed by atoms with Crippen molar-refractivity contribution in [2.75, 3.05) is 0 Å². The van der Waals surface area contributed by atoms with Crippen LogP contribution in [0.1, 0.15) is 0 Å². The predicted octanol–water partition coefficient (Wildman–Crippen LogP) is 32.6. The van der Waals surface area contributed by atoms with E-state index in [0.717, 1.165) is 204 Å². The van der Waals surface area contributed by atoms with E-state index < -0.39 is 0 Å². The minimum Gasteiger partial charge on any atom is -0.455 e. The van der Waals surface area contributed by atoms with Crippen molar-refractivity contribution in [3.8, 4) is 108 Å². The summed E-state index contributed by atoms with van der Waals surface area (Å²) in [6.07, 6.45) is 1.98. The Morgan fingerprint density at radius 1 is 0.181 bits per heavy atom. The van der Waals surface area contributed by atoms with Crippen LogP contribution in [-0.4, -0.2) is 48.6 Å². The number of furan rings is 3. The molecule has 9 aromatic heterocycles. The lowest BCUT2D eigenvalue weighted by Crippen LogP contribution is -2.03. The monoisotopic (exact) mass is 1760 g/mol. The number of benzene rings is 20. The molecule has 0 atom stereocenters. The van der Waals surface area contributed by atoms with Gasteiger partial charge in [-0.25, -0.2) is 34.9 Å². The molecule has 29 aromatic rings. The maximum Gasteiger partial charge on any atom is 0.164 e. The molecule has 0 saturated heterocycles. The third-order valence-corrected chi connectivity index (χ3v) is 26.9. The summed E-state index contributed by atoms with van der Waals surface area (Å²) in [6.45, 7) is 0. The number of nitrogens with zero attached hydrogens (tertiary/aromatic N) is 10. The van der Waals surface area contributed by atoms with Crippen LogP contribution in [0.15, 0.2) is 474 Å². The highest BCUT2D eigenvalue weighted by Crippen LogP contribution is 2.51. The van der Waals surface area contributed by atoms with E-state index in [1.54, 1.807) is 0 Å².